The highest BCUT2D eigenvalue weighted by Gasteiger charge is 2.32. The van der Waals surface area contributed by atoms with Gasteiger partial charge in [0.15, 0.2) is 0 Å². The third kappa shape index (κ3) is 3.63. The molecule has 0 saturated carbocycles. The molecule has 0 aromatic heterocycles. The Morgan fingerprint density at radius 2 is 2.12 bits per heavy atom. The fourth-order valence-corrected chi connectivity index (χ4v) is 1.66. The summed E-state index contributed by atoms with van der Waals surface area (Å²) >= 11 is 0. The average Bonchev–Trinajstić information content (AvgIpc) is 2.15. The first-order chi connectivity index (χ1) is 7.31. The van der Waals surface area contributed by atoms with E-state index in [0.29, 0.717) is 19.5 Å². The monoisotopic (exact) mass is 232 g/mol. The fourth-order valence-electron chi connectivity index (χ4n) is 1.66. The first-order valence-corrected chi connectivity index (χ1v) is 5.62. The van der Waals surface area contributed by atoms with Crippen LogP contribution in [0.2, 0.25) is 0 Å². The summed E-state index contributed by atoms with van der Waals surface area (Å²) in [7, 11) is 1.58. The first-order valence-electron chi connectivity index (χ1n) is 5.62. The molecule has 1 aliphatic rings. The first kappa shape index (κ1) is 13.2. The van der Waals surface area contributed by atoms with E-state index in [2.05, 4.69) is 5.32 Å². The molecular weight excluding hydrogens is 211 g/mol. The van der Waals surface area contributed by atoms with E-state index in [1.165, 1.54) is 4.90 Å². The molecule has 0 aromatic carbocycles. The Morgan fingerprint density at radius 1 is 1.50 bits per heavy atom. The second kappa shape index (κ2) is 4.99. The van der Waals surface area contributed by atoms with E-state index in [9.17, 15) is 9.18 Å². The van der Waals surface area contributed by atoms with Crippen molar-refractivity contribution in [3.05, 3.63) is 0 Å². The van der Waals surface area contributed by atoms with E-state index >= 15 is 0 Å². The Balaban J connectivity index is 2.55. The van der Waals surface area contributed by atoms with Crippen LogP contribution < -0.4 is 5.32 Å². The second-order valence-electron chi connectivity index (χ2n) is 5.17. The predicted molar refractivity (Wildman–Crippen MR) is 60.2 cm³/mol. The Kier molecular flexibility index (Phi) is 4.13. The van der Waals surface area contributed by atoms with Gasteiger partial charge in [-0.2, -0.15) is 0 Å². The number of hydrogen-bond acceptors (Lipinski definition) is 3. The molecule has 0 spiro atoms. The molecule has 16 heavy (non-hydrogen) atoms. The number of nitrogens with zero attached hydrogens (tertiary/aromatic N) is 1. The molecule has 5 heteroatoms. The maximum Gasteiger partial charge on any atom is 0.410 e. The van der Waals surface area contributed by atoms with E-state index in [1.807, 2.05) is 0 Å². The maximum atomic E-state index is 13.6. The number of carbonyl (C=O) groups is 1. The van der Waals surface area contributed by atoms with Gasteiger partial charge in [-0.1, -0.05) is 0 Å². The van der Waals surface area contributed by atoms with Crippen LogP contribution in [0, 0.1) is 0 Å². The Labute approximate surface area is 96.1 Å². The van der Waals surface area contributed by atoms with Crippen LogP contribution in [0.1, 0.15) is 27.2 Å². The van der Waals surface area contributed by atoms with Crippen molar-refractivity contribution in [3.63, 3.8) is 0 Å². The van der Waals surface area contributed by atoms with Gasteiger partial charge in [0.1, 0.15) is 11.8 Å². The van der Waals surface area contributed by atoms with Crippen molar-refractivity contribution in [3.8, 4) is 0 Å². The second-order valence-corrected chi connectivity index (χ2v) is 5.17. The van der Waals surface area contributed by atoms with Gasteiger partial charge in [0.25, 0.3) is 0 Å². The molecule has 1 aliphatic heterocycles. The molecule has 4 nitrogen and oxygen atoms in total. The van der Waals surface area contributed by atoms with Gasteiger partial charge in [0, 0.05) is 13.6 Å². The number of hydrogen-bond donors (Lipinski definition) is 1. The van der Waals surface area contributed by atoms with Crippen molar-refractivity contribution < 1.29 is 13.9 Å². The topological polar surface area (TPSA) is 41.6 Å². The van der Waals surface area contributed by atoms with Crippen LogP contribution in [0.15, 0.2) is 0 Å². The smallest absolute Gasteiger partial charge is 0.410 e. The SMILES string of the molecule is CN(C(=O)OC(C)(C)C)[C@H]1CNCC[C@@H]1F. The van der Waals surface area contributed by atoms with Gasteiger partial charge in [-0.3, -0.25) is 0 Å². The molecule has 1 saturated heterocycles. The summed E-state index contributed by atoms with van der Waals surface area (Å²) in [5.41, 5.74) is -0.542. The van der Waals surface area contributed by atoms with Crippen LogP contribution in [0.4, 0.5) is 9.18 Å². The van der Waals surface area contributed by atoms with Crippen molar-refractivity contribution in [2.24, 2.45) is 0 Å². The number of carbonyl (C=O) groups excluding carboxylic acids is 1. The maximum absolute atomic E-state index is 13.6. The molecule has 2 atom stereocenters. The minimum Gasteiger partial charge on any atom is -0.444 e. The summed E-state index contributed by atoms with van der Waals surface area (Å²) in [6, 6.07) is -0.427. The van der Waals surface area contributed by atoms with Crippen LogP contribution in [-0.2, 0) is 4.74 Å². The van der Waals surface area contributed by atoms with E-state index in [0.717, 1.165) is 0 Å². The molecule has 0 bridgehead atoms. The minimum atomic E-state index is -0.973. The highest BCUT2D eigenvalue weighted by atomic mass is 19.1. The van der Waals surface area contributed by atoms with Crippen molar-refractivity contribution >= 4 is 6.09 Å². The molecule has 1 rings (SSSR count). The molecule has 1 amide bonds. The van der Waals surface area contributed by atoms with Crippen LogP contribution in [0.25, 0.3) is 0 Å². The Hall–Kier alpha value is -0.840. The lowest BCUT2D eigenvalue weighted by Crippen LogP contribution is -2.53. The van der Waals surface area contributed by atoms with Crippen molar-refractivity contribution in [2.45, 2.75) is 45.0 Å². The van der Waals surface area contributed by atoms with Gasteiger partial charge in [0.2, 0.25) is 0 Å². The summed E-state index contributed by atoms with van der Waals surface area (Å²) < 4.78 is 18.8. The van der Waals surface area contributed by atoms with Gasteiger partial charge in [0.05, 0.1) is 6.04 Å². The average molecular weight is 232 g/mol. The molecule has 0 radical (unpaired) electrons. The normalized spacial score (nSPS) is 26.3. The summed E-state index contributed by atoms with van der Waals surface area (Å²) in [5.74, 6) is 0. The highest BCUT2D eigenvalue weighted by Crippen LogP contribution is 2.16. The molecule has 0 aromatic rings. The number of rotatable bonds is 1. The van der Waals surface area contributed by atoms with E-state index < -0.39 is 23.9 Å². The van der Waals surface area contributed by atoms with Gasteiger partial charge >= 0.3 is 6.09 Å². The molecule has 1 N–H and O–H groups in total. The summed E-state index contributed by atoms with van der Waals surface area (Å²) in [6.45, 7) is 6.54. The van der Waals surface area contributed by atoms with Crippen molar-refractivity contribution in [1.82, 2.24) is 10.2 Å². The van der Waals surface area contributed by atoms with Crippen LogP contribution in [0.3, 0.4) is 0 Å². The van der Waals surface area contributed by atoms with Crippen molar-refractivity contribution in [1.29, 1.82) is 0 Å². The zero-order valence-electron chi connectivity index (χ0n) is 10.4. The Morgan fingerprint density at radius 3 is 2.62 bits per heavy atom. The number of amides is 1. The summed E-state index contributed by atoms with van der Waals surface area (Å²) in [6.07, 6.45) is -1.000. The van der Waals surface area contributed by atoms with Gasteiger partial charge in [-0.05, 0) is 33.7 Å². The van der Waals surface area contributed by atoms with Crippen molar-refractivity contribution in [2.75, 3.05) is 20.1 Å². The van der Waals surface area contributed by atoms with Crippen LogP contribution in [0.5, 0.6) is 0 Å². The number of likely N-dealkylation sites (N-methyl/N-ethyl adjacent to an activating group) is 1. The minimum absolute atomic E-state index is 0.427. The number of nitrogens with one attached hydrogen (secondary N) is 1. The lowest BCUT2D eigenvalue weighted by Gasteiger charge is -2.35. The Bertz CT molecular complexity index is 253. The third-order valence-corrected chi connectivity index (χ3v) is 2.55. The molecular formula is C11H21FN2O2. The number of halogens is 1. The van der Waals surface area contributed by atoms with Gasteiger partial charge in [-0.15, -0.1) is 0 Å². The lowest BCUT2D eigenvalue weighted by atomic mass is 10.0. The molecule has 0 unspecified atom stereocenters. The standard InChI is InChI=1S/C11H21FN2O2/c1-11(2,3)16-10(15)14(4)9-7-13-6-5-8(9)12/h8-9,13H,5-7H2,1-4H3/t8-,9-/m0/s1. The molecule has 94 valence electrons. The number of piperidine rings is 1. The van der Waals surface area contributed by atoms with E-state index in [4.69, 9.17) is 4.74 Å². The zero-order valence-corrected chi connectivity index (χ0v) is 10.4. The van der Waals surface area contributed by atoms with Crippen LogP contribution in [-0.4, -0.2) is 48.9 Å². The fraction of sp³-hybridized carbons (Fsp3) is 0.909. The molecule has 1 fully saturated rings. The zero-order chi connectivity index (χ0) is 12.3. The highest BCUT2D eigenvalue weighted by molar-refractivity contribution is 5.68. The van der Waals surface area contributed by atoms with Gasteiger partial charge < -0.3 is 15.0 Å². The van der Waals surface area contributed by atoms with Crippen LogP contribution >= 0.6 is 0 Å². The lowest BCUT2D eigenvalue weighted by molar-refractivity contribution is 0.00973. The van der Waals surface area contributed by atoms with Gasteiger partial charge in [-0.25, -0.2) is 9.18 Å². The number of ether oxygens (including phenoxy) is 1. The van der Waals surface area contributed by atoms with E-state index in [-0.39, 0.29) is 0 Å². The molecule has 0 aliphatic carbocycles. The summed E-state index contributed by atoms with van der Waals surface area (Å²) in [4.78, 5) is 13.1. The largest absolute Gasteiger partial charge is 0.444 e. The summed E-state index contributed by atoms with van der Waals surface area (Å²) in [5, 5.41) is 3.07. The molecule has 1 heterocycles. The third-order valence-electron chi connectivity index (χ3n) is 2.55. The van der Waals surface area contributed by atoms with E-state index in [1.54, 1.807) is 27.8 Å². The number of alkyl halides is 1. The quantitative estimate of drug-likeness (QED) is 0.746. The predicted octanol–water partition coefficient (Wildman–Crippen LogP) is 1.55.